The molecule has 0 saturated heterocycles. The summed E-state index contributed by atoms with van der Waals surface area (Å²) in [6, 6.07) is 20.9. The van der Waals surface area contributed by atoms with E-state index < -0.39 is 6.10 Å². The Morgan fingerprint density at radius 1 is 1.07 bits per heavy atom. The minimum Gasteiger partial charge on any atom is -0.491 e. The lowest BCUT2D eigenvalue weighted by Gasteiger charge is -2.26. The lowest BCUT2D eigenvalue weighted by atomic mass is 10.1. The Bertz CT molecular complexity index is 930. The van der Waals surface area contributed by atoms with Gasteiger partial charge in [0.05, 0.1) is 0 Å². The Kier molecular flexibility index (Phi) is 7.40. The van der Waals surface area contributed by atoms with Crippen LogP contribution in [0.3, 0.4) is 0 Å². The van der Waals surface area contributed by atoms with E-state index >= 15 is 0 Å². The topological polar surface area (TPSA) is 65.9 Å². The molecule has 0 aliphatic rings. The Morgan fingerprint density at radius 2 is 1.87 bits per heavy atom. The van der Waals surface area contributed by atoms with Gasteiger partial charge in [0.1, 0.15) is 30.6 Å². The van der Waals surface area contributed by atoms with Crippen LogP contribution >= 0.6 is 0 Å². The first kappa shape index (κ1) is 21.3. The zero-order valence-electron chi connectivity index (χ0n) is 17.3. The van der Waals surface area contributed by atoms with Gasteiger partial charge in [-0.2, -0.15) is 0 Å². The van der Waals surface area contributed by atoms with E-state index in [-0.39, 0.29) is 6.61 Å². The zero-order valence-corrected chi connectivity index (χ0v) is 17.3. The second-order valence-corrected chi connectivity index (χ2v) is 7.28. The van der Waals surface area contributed by atoms with Gasteiger partial charge in [-0.25, -0.2) is 4.98 Å². The third-order valence-corrected chi connectivity index (χ3v) is 4.67. The summed E-state index contributed by atoms with van der Waals surface area (Å²) in [6.07, 6.45) is 1.78. The summed E-state index contributed by atoms with van der Waals surface area (Å²) >= 11 is 0. The largest absolute Gasteiger partial charge is 0.491 e. The third kappa shape index (κ3) is 6.06. The van der Waals surface area contributed by atoms with E-state index in [2.05, 4.69) is 34.1 Å². The first-order valence-electron chi connectivity index (χ1n) is 9.83. The highest BCUT2D eigenvalue weighted by Crippen LogP contribution is 2.18. The van der Waals surface area contributed by atoms with Gasteiger partial charge in [0, 0.05) is 44.6 Å². The van der Waals surface area contributed by atoms with Gasteiger partial charge < -0.3 is 19.6 Å². The SMILES string of the molecule is CN(C)c1ccc(CN(CC(O)COc2cccc(C=O)c2)c2ccccn2)cc1. The first-order valence-corrected chi connectivity index (χ1v) is 9.83. The van der Waals surface area contributed by atoms with Gasteiger partial charge in [-0.1, -0.05) is 30.3 Å². The van der Waals surface area contributed by atoms with Crippen molar-refractivity contribution in [1.82, 2.24) is 4.98 Å². The summed E-state index contributed by atoms with van der Waals surface area (Å²) in [5, 5.41) is 10.6. The van der Waals surface area contributed by atoms with E-state index in [4.69, 9.17) is 4.74 Å². The minimum absolute atomic E-state index is 0.116. The van der Waals surface area contributed by atoms with Gasteiger partial charge >= 0.3 is 0 Å². The number of carbonyl (C=O) groups is 1. The van der Waals surface area contributed by atoms with E-state index in [1.165, 1.54) is 0 Å². The fraction of sp³-hybridized carbons (Fsp3) is 0.250. The summed E-state index contributed by atoms with van der Waals surface area (Å²) in [7, 11) is 4.02. The molecule has 0 bridgehead atoms. The van der Waals surface area contributed by atoms with Crippen molar-refractivity contribution in [1.29, 1.82) is 0 Å². The Morgan fingerprint density at radius 3 is 2.53 bits per heavy atom. The molecule has 2 aromatic carbocycles. The molecule has 0 aliphatic carbocycles. The van der Waals surface area contributed by atoms with Gasteiger partial charge in [0.25, 0.3) is 0 Å². The normalized spacial score (nSPS) is 11.6. The molecule has 1 aromatic heterocycles. The third-order valence-electron chi connectivity index (χ3n) is 4.67. The van der Waals surface area contributed by atoms with Crippen LogP contribution in [0.25, 0.3) is 0 Å². The number of aliphatic hydroxyl groups is 1. The van der Waals surface area contributed by atoms with Crippen molar-refractivity contribution >= 4 is 17.8 Å². The monoisotopic (exact) mass is 405 g/mol. The summed E-state index contributed by atoms with van der Waals surface area (Å²) in [6.45, 7) is 1.09. The van der Waals surface area contributed by atoms with Crippen molar-refractivity contribution in [2.24, 2.45) is 0 Å². The number of carbonyl (C=O) groups excluding carboxylic acids is 1. The zero-order chi connectivity index (χ0) is 21.3. The van der Waals surface area contributed by atoms with Crippen LogP contribution in [-0.2, 0) is 6.54 Å². The molecule has 0 radical (unpaired) electrons. The van der Waals surface area contributed by atoms with Crippen LogP contribution in [0, 0.1) is 0 Å². The van der Waals surface area contributed by atoms with Crippen LogP contribution in [0.2, 0.25) is 0 Å². The number of aromatic nitrogens is 1. The molecule has 0 amide bonds. The second kappa shape index (κ2) is 10.4. The van der Waals surface area contributed by atoms with Crippen molar-refractivity contribution < 1.29 is 14.6 Å². The average molecular weight is 405 g/mol. The van der Waals surface area contributed by atoms with Gasteiger partial charge in [-0.3, -0.25) is 4.79 Å². The first-order chi connectivity index (χ1) is 14.5. The van der Waals surface area contributed by atoms with E-state index in [1.54, 1.807) is 30.5 Å². The summed E-state index contributed by atoms with van der Waals surface area (Å²) in [5.41, 5.74) is 2.80. The fourth-order valence-corrected chi connectivity index (χ4v) is 3.08. The van der Waals surface area contributed by atoms with E-state index in [1.807, 2.05) is 37.2 Å². The van der Waals surface area contributed by atoms with Crippen LogP contribution in [-0.4, -0.2) is 49.7 Å². The minimum atomic E-state index is -0.729. The number of ether oxygens (including phenoxy) is 1. The van der Waals surface area contributed by atoms with Crippen LogP contribution < -0.4 is 14.5 Å². The Balaban J connectivity index is 1.67. The second-order valence-electron chi connectivity index (χ2n) is 7.28. The predicted octanol–water partition coefficient (Wildman–Crippen LogP) is 3.41. The highest BCUT2D eigenvalue weighted by Gasteiger charge is 2.15. The Hall–Kier alpha value is -3.38. The fourth-order valence-electron chi connectivity index (χ4n) is 3.08. The molecule has 6 heteroatoms. The summed E-state index contributed by atoms with van der Waals surface area (Å²) < 4.78 is 5.68. The van der Waals surface area contributed by atoms with Crippen molar-refractivity contribution in [2.45, 2.75) is 12.6 Å². The van der Waals surface area contributed by atoms with Gasteiger partial charge in [0.15, 0.2) is 0 Å². The maximum atomic E-state index is 10.9. The molecule has 30 heavy (non-hydrogen) atoms. The molecule has 0 fully saturated rings. The van der Waals surface area contributed by atoms with Crippen molar-refractivity contribution in [3.8, 4) is 5.75 Å². The number of aliphatic hydroxyl groups excluding tert-OH is 1. The maximum absolute atomic E-state index is 10.9. The number of hydrogen-bond acceptors (Lipinski definition) is 6. The molecule has 1 unspecified atom stereocenters. The molecule has 0 saturated carbocycles. The van der Waals surface area contributed by atoms with Crippen LogP contribution in [0.15, 0.2) is 72.9 Å². The van der Waals surface area contributed by atoms with Crippen molar-refractivity contribution in [3.63, 3.8) is 0 Å². The molecular weight excluding hydrogens is 378 g/mol. The van der Waals surface area contributed by atoms with E-state index in [9.17, 15) is 9.90 Å². The molecule has 0 aliphatic heterocycles. The number of rotatable bonds is 10. The number of nitrogens with zero attached hydrogens (tertiary/aromatic N) is 3. The Labute approximate surface area is 177 Å². The number of aldehydes is 1. The molecule has 156 valence electrons. The smallest absolute Gasteiger partial charge is 0.150 e. The standard InChI is InChI=1S/C24H27N3O3/c1-26(2)21-11-9-19(10-12-21)15-27(24-8-3-4-13-25-24)16-22(29)18-30-23-7-5-6-20(14-23)17-28/h3-14,17,22,29H,15-16,18H2,1-2H3. The van der Waals surface area contributed by atoms with Gasteiger partial charge in [0.2, 0.25) is 0 Å². The van der Waals surface area contributed by atoms with Crippen LogP contribution in [0.1, 0.15) is 15.9 Å². The van der Waals surface area contributed by atoms with Crippen LogP contribution in [0.4, 0.5) is 11.5 Å². The average Bonchev–Trinajstić information content (AvgIpc) is 2.78. The number of anilines is 2. The summed E-state index contributed by atoms with van der Waals surface area (Å²) in [5.74, 6) is 1.35. The number of benzene rings is 2. The van der Waals surface area contributed by atoms with Crippen molar-refractivity contribution in [2.75, 3.05) is 37.0 Å². The van der Waals surface area contributed by atoms with Crippen LogP contribution in [0.5, 0.6) is 5.75 Å². The molecule has 6 nitrogen and oxygen atoms in total. The van der Waals surface area contributed by atoms with Crippen molar-refractivity contribution in [3.05, 3.63) is 84.1 Å². The molecule has 0 spiro atoms. The molecule has 1 heterocycles. The predicted molar refractivity (Wildman–Crippen MR) is 119 cm³/mol. The highest BCUT2D eigenvalue weighted by atomic mass is 16.5. The molecule has 3 aromatic rings. The lowest BCUT2D eigenvalue weighted by Crippen LogP contribution is -2.35. The van der Waals surface area contributed by atoms with E-state index in [0.717, 1.165) is 23.4 Å². The van der Waals surface area contributed by atoms with E-state index in [0.29, 0.717) is 24.4 Å². The number of hydrogen-bond donors (Lipinski definition) is 1. The molecular formula is C24H27N3O3. The summed E-state index contributed by atoms with van der Waals surface area (Å²) in [4.78, 5) is 19.4. The molecule has 1 atom stereocenters. The highest BCUT2D eigenvalue weighted by molar-refractivity contribution is 5.75. The number of pyridine rings is 1. The maximum Gasteiger partial charge on any atom is 0.150 e. The van der Waals surface area contributed by atoms with Gasteiger partial charge in [-0.05, 0) is 42.0 Å². The quantitative estimate of drug-likeness (QED) is 0.522. The molecule has 3 rings (SSSR count). The molecule has 1 N–H and O–H groups in total. The van der Waals surface area contributed by atoms with Gasteiger partial charge in [-0.15, -0.1) is 0 Å². The lowest BCUT2D eigenvalue weighted by molar-refractivity contribution is 0.110.